The molecule has 1 atom stereocenters. The number of nitrogens with zero attached hydrogens (tertiary/aromatic N) is 2. The van der Waals surface area contributed by atoms with Crippen molar-refractivity contribution < 1.29 is 23.8 Å². The fraction of sp³-hybridized carbons (Fsp3) is 0.308. The van der Waals surface area contributed by atoms with E-state index in [1.165, 1.54) is 12.0 Å². The second kappa shape index (κ2) is 9.02. The highest BCUT2D eigenvalue weighted by Crippen LogP contribution is 2.39. The number of imide groups is 1. The van der Waals surface area contributed by atoms with Gasteiger partial charge in [-0.3, -0.25) is 4.79 Å². The summed E-state index contributed by atoms with van der Waals surface area (Å²) in [4.78, 5) is 29.7. The number of carbonyl (C=O) groups excluding carboxylic acids is 2. The van der Waals surface area contributed by atoms with Crippen LogP contribution in [-0.2, 0) is 4.79 Å². The maximum atomic E-state index is 13.6. The summed E-state index contributed by atoms with van der Waals surface area (Å²) in [5.74, 6) is 1.41. The Labute approximate surface area is 193 Å². The summed E-state index contributed by atoms with van der Waals surface area (Å²) >= 11 is 0. The number of hydrogen-bond acceptors (Lipinski definition) is 5. The number of methoxy groups -OCH3 is 2. The molecule has 172 valence electrons. The number of amides is 3. The smallest absolute Gasteiger partial charge is 0.332 e. The van der Waals surface area contributed by atoms with Crippen LogP contribution in [0.25, 0.3) is 0 Å². The van der Waals surface area contributed by atoms with Gasteiger partial charge in [0.25, 0.3) is 5.91 Å². The molecule has 1 aliphatic carbocycles. The average Bonchev–Trinajstić information content (AvgIpc) is 2.99. The van der Waals surface area contributed by atoms with Gasteiger partial charge in [-0.25, -0.2) is 9.69 Å². The molecule has 2 aliphatic rings. The first-order valence-electron chi connectivity index (χ1n) is 10.8. The topological polar surface area (TPSA) is 68.3 Å². The maximum absolute atomic E-state index is 13.6. The molecule has 1 saturated heterocycles. The van der Waals surface area contributed by atoms with Crippen molar-refractivity contribution in [3.63, 3.8) is 0 Å². The van der Waals surface area contributed by atoms with Crippen LogP contribution in [-0.4, -0.2) is 49.2 Å². The van der Waals surface area contributed by atoms with E-state index in [9.17, 15) is 9.59 Å². The van der Waals surface area contributed by atoms with E-state index in [2.05, 4.69) is 0 Å². The fourth-order valence-electron chi connectivity index (χ4n) is 4.06. The lowest BCUT2D eigenvalue weighted by molar-refractivity contribution is -0.123. The van der Waals surface area contributed by atoms with Crippen LogP contribution in [0.5, 0.6) is 17.2 Å². The number of rotatable bonds is 7. The van der Waals surface area contributed by atoms with Crippen LogP contribution in [0.4, 0.5) is 10.5 Å². The van der Waals surface area contributed by atoms with Gasteiger partial charge in [0.1, 0.15) is 28.9 Å². The van der Waals surface area contributed by atoms with Gasteiger partial charge in [-0.1, -0.05) is 36.4 Å². The molecule has 0 aromatic heterocycles. The van der Waals surface area contributed by atoms with Crippen LogP contribution in [0.1, 0.15) is 20.3 Å². The standard InChI is InChI=1S/C26H28N2O5/c1-26(2)24(29)28(21-15-14-20(31-3)16-23(21)32-4)25(30)27(26)17-18-10-8-9-13-22(18)33-19-11-6-5-7-12-19/h5-12,14-16,22H,13,17H2,1-4H3. The summed E-state index contributed by atoms with van der Waals surface area (Å²) in [6.07, 6.45) is 6.42. The molecule has 4 rings (SSSR count). The molecular formula is C26H28N2O5. The predicted molar refractivity (Wildman–Crippen MR) is 126 cm³/mol. The number of benzene rings is 2. The Balaban J connectivity index is 1.62. The van der Waals surface area contributed by atoms with Gasteiger partial charge < -0.3 is 19.1 Å². The zero-order chi connectivity index (χ0) is 23.6. The molecule has 1 unspecified atom stereocenters. The normalized spacial score (nSPS) is 19.5. The summed E-state index contributed by atoms with van der Waals surface area (Å²) in [6.45, 7) is 3.79. The minimum atomic E-state index is -1.04. The Morgan fingerprint density at radius 1 is 1.00 bits per heavy atom. The molecule has 1 heterocycles. The van der Waals surface area contributed by atoms with Crippen molar-refractivity contribution in [2.24, 2.45) is 0 Å². The van der Waals surface area contributed by atoms with Crippen molar-refractivity contribution in [1.82, 2.24) is 4.90 Å². The van der Waals surface area contributed by atoms with Gasteiger partial charge >= 0.3 is 6.03 Å². The van der Waals surface area contributed by atoms with Gasteiger partial charge in [0, 0.05) is 19.0 Å². The van der Waals surface area contributed by atoms with E-state index in [-0.39, 0.29) is 18.6 Å². The van der Waals surface area contributed by atoms with Gasteiger partial charge in [-0.2, -0.15) is 0 Å². The minimum Gasteiger partial charge on any atom is -0.497 e. The van der Waals surface area contributed by atoms with Crippen molar-refractivity contribution in [3.8, 4) is 17.2 Å². The highest BCUT2D eigenvalue weighted by molar-refractivity contribution is 6.23. The van der Waals surface area contributed by atoms with Crippen LogP contribution in [0.15, 0.2) is 72.3 Å². The third kappa shape index (κ3) is 4.18. The van der Waals surface area contributed by atoms with Crippen LogP contribution in [0.3, 0.4) is 0 Å². The highest BCUT2D eigenvalue weighted by atomic mass is 16.5. The van der Waals surface area contributed by atoms with Crippen molar-refractivity contribution in [2.45, 2.75) is 31.9 Å². The molecule has 0 bridgehead atoms. The van der Waals surface area contributed by atoms with Gasteiger partial charge in [0.15, 0.2) is 0 Å². The average molecular weight is 449 g/mol. The van der Waals surface area contributed by atoms with Crippen molar-refractivity contribution in [3.05, 3.63) is 72.3 Å². The van der Waals surface area contributed by atoms with E-state index in [4.69, 9.17) is 14.2 Å². The number of urea groups is 1. The lowest BCUT2D eigenvalue weighted by Crippen LogP contribution is -2.46. The summed E-state index contributed by atoms with van der Waals surface area (Å²) in [6, 6.07) is 14.2. The largest absolute Gasteiger partial charge is 0.497 e. The third-order valence-corrected chi connectivity index (χ3v) is 6.02. The summed E-state index contributed by atoms with van der Waals surface area (Å²) in [7, 11) is 3.04. The number of hydrogen-bond donors (Lipinski definition) is 0. The van der Waals surface area contributed by atoms with Crippen molar-refractivity contribution in [1.29, 1.82) is 0 Å². The number of ether oxygens (including phenoxy) is 3. The first-order chi connectivity index (χ1) is 15.9. The van der Waals surface area contributed by atoms with E-state index in [1.54, 1.807) is 44.1 Å². The zero-order valence-corrected chi connectivity index (χ0v) is 19.3. The molecule has 2 aromatic rings. The van der Waals surface area contributed by atoms with Gasteiger partial charge in [0.05, 0.1) is 19.9 Å². The molecule has 7 nitrogen and oxygen atoms in total. The Hall–Kier alpha value is -3.74. The minimum absolute atomic E-state index is 0.222. The second-order valence-electron chi connectivity index (χ2n) is 8.43. The van der Waals surface area contributed by atoms with E-state index in [1.807, 2.05) is 48.6 Å². The number of anilines is 1. The maximum Gasteiger partial charge on any atom is 0.332 e. The van der Waals surface area contributed by atoms with Crippen LogP contribution >= 0.6 is 0 Å². The Morgan fingerprint density at radius 2 is 1.76 bits per heavy atom. The lowest BCUT2D eigenvalue weighted by Gasteiger charge is -2.32. The van der Waals surface area contributed by atoms with Crippen molar-refractivity contribution >= 4 is 17.6 Å². The molecule has 0 N–H and O–H groups in total. The Kier molecular flexibility index (Phi) is 6.14. The monoisotopic (exact) mass is 448 g/mol. The molecule has 2 aromatic carbocycles. The Morgan fingerprint density at radius 3 is 2.45 bits per heavy atom. The first kappa shape index (κ1) is 22.5. The molecule has 7 heteroatoms. The van der Waals surface area contributed by atoms with Crippen LogP contribution < -0.4 is 19.1 Å². The third-order valence-electron chi connectivity index (χ3n) is 6.02. The SMILES string of the molecule is COc1ccc(N2C(=O)N(CC3=CC=CCC3Oc3ccccc3)C(C)(C)C2=O)c(OC)c1. The quantitative estimate of drug-likeness (QED) is 0.580. The summed E-state index contributed by atoms with van der Waals surface area (Å²) < 4.78 is 16.9. The molecule has 33 heavy (non-hydrogen) atoms. The summed E-state index contributed by atoms with van der Waals surface area (Å²) in [5, 5.41) is 0. The van der Waals surface area contributed by atoms with E-state index >= 15 is 0 Å². The molecule has 1 fully saturated rings. The summed E-state index contributed by atoms with van der Waals surface area (Å²) in [5.41, 5.74) is 0.277. The predicted octanol–water partition coefficient (Wildman–Crippen LogP) is 4.58. The van der Waals surface area contributed by atoms with E-state index < -0.39 is 11.6 Å². The van der Waals surface area contributed by atoms with Crippen LogP contribution in [0.2, 0.25) is 0 Å². The fourth-order valence-corrected chi connectivity index (χ4v) is 4.06. The molecule has 1 aliphatic heterocycles. The number of allylic oxidation sites excluding steroid dienone is 2. The van der Waals surface area contributed by atoms with Crippen molar-refractivity contribution in [2.75, 3.05) is 25.7 Å². The molecule has 0 spiro atoms. The highest BCUT2D eigenvalue weighted by Gasteiger charge is 2.52. The number of carbonyl (C=O) groups is 2. The van der Waals surface area contributed by atoms with Gasteiger partial charge in [-0.15, -0.1) is 0 Å². The Bertz CT molecular complexity index is 1110. The van der Waals surface area contributed by atoms with E-state index in [0.717, 1.165) is 11.3 Å². The van der Waals surface area contributed by atoms with Gasteiger partial charge in [-0.05, 0) is 43.7 Å². The molecular weight excluding hydrogens is 420 g/mol. The van der Waals surface area contributed by atoms with Crippen LogP contribution in [0, 0.1) is 0 Å². The number of para-hydroxylation sites is 1. The zero-order valence-electron chi connectivity index (χ0n) is 19.3. The first-order valence-corrected chi connectivity index (χ1v) is 10.8. The molecule has 0 radical (unpaired) electrons. The van der Waals surface area contributed by atoms with E-state index in [0.29, 0.717) is 23.6 Å². The second-order valence-corrected chi connectivity index (χ2v) is 8.43. The molecule has 0 saturated carbocycles. The molecule has 3 amide bonds. The van der Waals surface area contributed by atoms with Gasteiger partial charge in [0.2, 0.25) is 0 Å². The lowest BCUT2D eigenvalue weighted by atomic mass is 9.98.